The van der Waals surface area contributed by atoms with Gasteiger partial charge in [-0.25, -0.2) is 0 Å². The van der Waals surface area contributed by atoms with E-state index in [0.717, 1.165) is 5.56 Å². The maximum Gasteiger partial charge on any atom is 0.235 e. The minimum absolute atomic E-state index is 0.0221. The van der Waals surface area contributed by atoms with E-state index in [-0.39, 0.29) is 5.91 Å². The van der Waals surface area contributed by atoms with Gasteiger partial charge in [-0.05, 0) is 5.56 Å². The molecule has 1 N–H and O–H groups in total. The van der Waals surface area contributed by atoms with Crippen LogP contribution in [0.4, 0.5) is 0 Å². The fraction of sp³-hybridized carbons (Fsp3) is 0.273. The Labute approximate surface area is 88.1 Å². The summed E-state index contributed by atoms with van der Waals surface area (Å²) in [6, 6.07) is 11.3. The van der Waals surface area contributed by atoms with Crippen LogP contribution in [0.1, 0.15) is 18.0 Å². The Morgan fingerprint density at radius 3 is 2.67 bits per heavy atom. The third-order valence-corrected chi connectivity index (χ3v) is 2.40. The number of rotatable bonds is 2. The zero-order chi connectivity index (χ0) is 10.7. The molecule has 1 aliphatic rings. The molecule has 1 aromatic rings. The van der Waals surface area contributed by atoms with Gasteiger partial charge in [0.25, 0.3) is 0 Å². The predicted molar refractivity (Wildman–Crippen MR) is 54.3 cm³/mol. The lowest BCUT2D eigenvalue weighted by molar-refractivity contribution is -0.121. The molecule has 0 aliphatic carbocycles. The second-order valence-electron chi connectivity index (χ2n) is 3.42. The topological polar surface area (TPSA) is 56.1 Å². The third-order valence-electron chi connectivity index (χ3n) is 2.40. The Morgan fingerprint density at radius 1 is 1.40 bits per heavy atom. The van der Waals surface area contributed by atoms with Crippen molar-refractivity contribution in [1.29, 1.82) is 5.26 Å². The molecule has 0 radical (unpaired) electrons. The van der Waals surface area contributed by atoms with Crippen LogP contribution in [0.25, 0.3) is 0 Å². The number of amides is 1. The summed E-state index contributed by atoms with van der Waals surface area (Å²) in [6.07, 6.45) is 0.463. The van der Waals surface area contributed by atoms with Crippen molar-refractivity contribution in [3.8, 4) is 6.07 Å². The number of nitrogens with one attached hydrogen (secondary N) is 1. The maximum absolute atomic E-state index is 11.0. The van der Waals surface area contributed by atoms with Gasteiger partial charge in [0.2, 0.25) is 5.91 Å². The van der Waals surface area contributed by atoms with Crippen molar-refractivity contribution in [2.75, 3.05) is 6.54 Å². The zero-order valence-corrected chi connectivity index (χ0v) is 8.18. The number of nitrogens with zero attached hydrogens (tertiary/aromatic N) is 2. The number of hydrazine groups is 1. The minimum Gasteiger partial charge on any atom is -0.287 e. The normalized spacial score (nSPS) is 18.2. The quantitative estimate of drug-likeness (QED) is 0.776. The van der Waals surface area contributed by atoms with Crippen molar-refractivity contribution < 1.29 is 4.79 Å². The van der Waals surface area contributed by atoms with E-state index in [4.69, 9.17) is 5.26 Å². The summed E-state index contributed by atoms with van der Waals surface area (Å²) in [5.41, 5.74) is 3.58. The summed E-state index contributed by atoms with van der Waals surface area (Å²) >= 11 is 0. The van der Waals surface area contributed by atoms with Crippen LogP contribution in [0.5, 0.6) is 0 Å². The van der Waals surface area contributed by atoms with E-state index >= 15 is 0 Å². The van der Waals surface area contributed by atoms with Gasteiger partial charge in [-0.15, -0.1) is 0 Å². The van der Waals surface area contributed by atoms with Gasteiger partial charge in [0.05, 0.1) is 6.07 Å². The monoisotopic (exact) mass is 201 g/mol. The second-order valence-corrected chi connectivity index (χ2v) is 3.42. The second kappa shape index (κ2) is 4.11. The molecule has 0 bridgehead atoms. The smallest absolute Gasteiger partial charge is 0.235 e. The highest BCUT2D eigenvalue weighted by Gasteiger charge is 2.26. The molecule has 15 heavy (non-hydrogen) atoms. The Morgan fingerprint density at radius 2 is 2.13 bits per heavy atom. The Hall–Kier alpha value is -1.86. The van der Waals surface area contributed by atoms with Gasteiger partial charge in [-0.3, -0.25) is 10.2 Å². The standard InChI is InChI=1S/C11H11N3O/c12-8-10(9-4-2-1-3-5-9)14-7-6-11(15)13-14/h1-5,10H,6-7H2,(H,13,15). The fourth-order valence-corrected chi connectivity index (χ4v) is 1.65. The molecule has 1 fully saturated rings. The molecule has 1 aliphatic heterocycles. The first kappa shape index (κ1) is 9.69. The van der Waals surface area contributed by atoms with E-state index in [1.807, 2.05) is 30.3 Å². The van der Waals surface area contributed by atoms with Crippen LogP contribution in [-0.4, -0.2) is 17.5 Å². The predicted octanol–water partition coefficient (Wildman–Crippen LogP) is 0.988. The first-order chi connectivity index (χ1) is 7.31. The molecule has 2 rings (SSSR count). The van der Waals surface area contributed by atoms with Gasteiger partial charge in [0.1, 0.15) is 6.04 Å². The molecule has 1 aromatic carbocycles. The maximum atomic E-state index is 11.0. The van der Waals surface area contributed by atoms with Crippen molar-refractivity contribution in [2.24, 2.45) is 0 Å². The van der Waals surface area contributed by atoms with E-state index in [0.29, 0.717) is 13.0 Å². The van der Waals surface area contributed by atoms with Crippen LogP contribution in [0, 0.1) is 11.3 Å². The lowest BCUT2D eigenvalue weighted by Gasteiger charge is -2.20. The first-order valence-electron chi connectivity index (χ1n) is 4.82. The number of hydrogen-bond acceptors (Lipinski definition) is 3. The Bertz CT molecular complexity index is 396. The number of nitriles is 1. The van der Waals surface area contributed by atoms with Gasteiger partial charge >= 0.3 is 0 Å². The van der Waals surface area contributed by atoms with Crippen LogP contribution >= 0.6 is 0 Å². The Kier molecular flexibility index (Phi) is 2.66. The highest BCUT2D eigenvalue weighted by molar-refractivity contribution is 5.77. The highest BCUT2D eigenvalue weighted by Crippen LogP contribution is 2.20. The Balaban J connectivity index is 2.19. The van der Waals surface area contributed by atoms with Crippen molar-refractivity contribution >= 4 is 5.91 Å². The molecular weight excluding hydrogens is 190 g/mol. The van der Waals surface area contributed by atoms with E-state index < -0.39 is 6.04 Å². The largest absolute Gasteiger partial charge is 0.287 e. The van der Waals surface area contributed by atoms with Crippen LogP contribution in [0.15, 0.2) is 30.3 Å². The molecule has 1 atom stereocenters. The first-order valence-corrected chi connectivity index (χ1v) is 4.82. The van der Waals surface area contributed by atoms with Gasteiger partial charge < -0.3 is 0 Å². The lowest BCUT2D eigenvalue weighted by atomic mass is 10.1. The van der Waals surface area contributed by atoms with E-state index in [1.54, 1.807) is 5.01 Å². The number of carbonyl (C=O) groups is 1. The van der Waals surface area contributed by atoms with Crippen molar-refractivity contribution in [2.45, 2.75) is 12.5 Å². The van der Waals surface area contributed by atoms with Crippen molar-refractivity contribution in [3.63, 3.8) is 0 Å². The molecule has 1 amide bonds. The number of benzene rings is 1. The summed E-state index contributed by atoms with van der Waals surface area (Å²) < 4.78 is 0. The summed E-state index contributed by atoms with van der Waals surface area (Å²) in [4.78, 5) is 11.0. The van der Waals surface area contributed by atoms with Crippen molar-refractivity contribution in [1.82, 2.24) is 10.4 Å². The molecular formula is C11H11N3O. The van der Waals surface area contributed by atoms with E-state index in [9.17, 15) is 4.79 Å². The van der Waals surface area contributed by atoms with Crippen LogP contribution in [-0.2, 0) is 4.79 Å². The average molecular weight is 201 g/mol. The SMILES string of the molecule is N#CC(c1ccccc1)N1CCC(=O)N1. The molecule has 4 heteroatoms. The van der Waals surface area contributed by atoms with E-state index in [1.165, 1.54) is 0 Å². The molecule has 0 spiro atoms. The summed E-state index contributed by atoms with van der Waals surface area (Å²) in [5, 5.41) is 10.8. The van der Waals surface area contributed by atoms with Gasteiger partial charge in [-0.1, -0.05) is 30.3 Å². The number of hydrogen-bond donors (Lipinski definition) is 1. The van der Waals surface area contributed by atoms with Gasteiger partial charge in [0, 0.05) is 13.0 Å². The summed E-state index contributed by atoms with van der Waals surface area (Å²) in [7, 11) is 0. The van der Waals surface area contributed by atoms with Crippen molar-refractivity contribution in [3.05, 3.63) is 35.9 Å². The van der Waals surface area contributed by atoms with E-state index in [2.05, 4.69) is 11.5 Å². The molecule has 0 aromatic heterocycles. The molecule has 0 saturated carbocycles. The van der Waals surface area contributed by atoms with Crippen LogP contribution < -0.4 is 5.43 Å². The zero-order valence-electron chi connectivity index (χ0n) is 8.18. The third kappa shape index (κ3) is 1.97. The molecule has 1 heterocycles. The molecule has 76 valence electrons. The minimum atomic E-state index is -0.391. The van der Waals surface area contributed by atoms with Crippen LogP contribution in [0.2, 0.25) is 0 Å². The number of carbonyl (C=O) groups excluding carboxylic acids is 1. The average Bonchev–Trinajstić information content (AvgIpc) is 2.68. The summed E-state index contributed by atoms with van der Waals surface area (Å²) in [6.45, 7) is 0.589. The highest BCUT2D eigenvalue weighted by atomic mass is 16.2. The molecule has 1 unspecified atom stereocenters. The molecule has 1 saturated heterocycles. The van der Waals surface area contributed by atoms with Crippen LogP contribution in [0.3, 0.4) is 0 Å². The lowest BCUT2D eigenvalue weighted by Crippen LogP contribution is -2.36. The molecule has 4 nitrogen and oxygen atoms in total. The van der Waals surface area contributed by atoms with Gasteiger partial charge in [0.15, 0.2) is 0 Å². The summed E-state index contributed by atoms with van der Waals surface area (Å²) in [5.74, 6) is -0.0221. The fourth-order valence-electron chi connectivity index (χ4n) is 1.65. The van der Waals surface area contributed by atoms with Gasteiger partial charge in [-0.2, -0.15) is 10.3 Å².